The SMILES string of the molecule is COC(=O)C(Cl)=CC=O. The van der Waals surface area contributed by atoms with Gasteiger partial charge in [0, 0.05) is 6.08 Å². The number of hydrogen-bond acceptors (Lipinski definition) is 3. The first kappa shape index (κ1) is 8.17. The van der Waals surface area contributed by atoms with Crippen molar-refractivity contribution in [2.24, 2.45) is 0 Å². The monoisotopic (exact) mass is 148 g/mol. The van der Waals surface area contributed by atoms with E-state index in [1.54, 1.807) is 0 Å². The van der Waals surface area contributed by atoms with Gasteiger partial charge in [-0.2, -0.15) is 0 Å². The summed E-state index contributed by atoms with van der Waals surface area (Å²) in [5.74, 6) is -0.705. The molecule has 0 spiro atoms. The number of carbonyl (C=O) groups excluding carboxylic acids is 2. The fourth-order valence-electron chi connectivity index (χ4n) is 0.225. The van der Waals surface area contributed by atoms with Gasteiger partial charge in [0.05, 0.1) is 7.11 Å². The zero-order valence-corrected chi connectivity index (χ0v) is 5.51. The second kappa shape index (κ2) is 4.09. The number of methoxy groups -OCH3 is 1. The third-order valence-electron chi connectivity index (χ3n) is 0.595. The van der Waals surface area contributed by atoms with Gasteiger partial charge in [0.25, 0.3) is 0 Å². The van der Waals surface area contributed by atoms with Crippen molar-refractivity contribution in [3.63, 3.8) is 0 Å². The maximum atomic E-state index is 10.3. The fraction of sp³-hybridized carbons (Fsp3) is 0.200. The Morgan fingerprint density at radius 1 is 1.67 bits per heavy atom. The van der Waals surface area contributed by atoms with E-state index in [0.29, 0.717) is 6.29 Å². The van der Waals surface area contributed by atoms with E-state index >= 15 is 0 Å². The van der Waals surface area contributed by atoms with Gasteiger partial charge in [0.1, 0.15) is 11.3 Å². The molecule has 0 rings (SSSR count). The first-order chi connectivity index (χ1) is 4.22. The molecule has 3 nitrogen and oxygen atoms in total. The Labute approximate surface area is 57.2 Å². The van der Waals surface area contributed by atoms with Crippen LogP contribution in [0.5, 0.6) is 0 Å². The third-order valence-corrected chi connectivity index (χ3v) is 0.875. The Kier molecular flexibility index (Phi) is 3.71. The van der Waals surface area contributed by atoms with E-state index in [1.807, 2.05) is 0 Å². The van der Waals surface area contributed by atoms with Crippen LogP contribution < -0.4 is 0 Å². The zero-order valence-electron chi connectivity index (χ0n) is 4.76. The van der Waals surface area contributed by atoms with Crippen LogP contribution in [0.1, 0.15) is 0 Å². The van der Waals surface area contributed by atoms with Gasteiger partial charge in [-0.05, 0) is 0 Å². The summed E-state index contributed by atoms with van der Waals surface area (Å²) >= 11 is 5.19. The number of halogens is 1. The summed E-state index contributed by atoms with van der Waals surface area (Å²) in [7, 11) is 1.18. The van der Waals surface area contributed by atoms with Gasteiger partial charge in [0.2, 0.25) is 0 Å². The second-order valence-electron chi connectivity index (χ2n) is 1.14. The van der Waals surface area contributed by atoms with Crippen LogP contribution in [0.15, 0.2) is 11.1 Å². The predicted octanol–water partition coefficient (Wildman–Crippen LogP) is 0.481. The van der Waals surface area contributed by atoms with E-state index in [2.05, 4.69) is 4.74 Å². The topological polar surface area (TPSA) is 43.4 Å². The van der Waals surface area contributed by atoms with Gasteiger partial charge in [-0.1, -0.05) is 11.6 Å². The molecule has 0 aromatic rings. The molecule has 0 aromatic heterocycles. The second-order valence-corrected chi connectivity index (χ2v) is 1.55. The molecule has 0 aliphatic heterocycles. The van der Waals surface area contributed by atoms with E-state index in [9.17, 15) is 9.59 Å². The minimum atomic E-state index is -0.705. The van der Waals surface area contributed by atoms with E-state index in [4.69, 9.17) is 11.6 Å². The number of rotatable bonds is 2. The van der Waals surface area contributed by atoms with Crippen LogP contribution in [0.2, 0.25) is 0 Å². The van der Waals surface area contributed by atoms with Crippen molar-refractivity contribution in [3.05, 3.63) is 11.1 Å². The first-order valence-corrected chi connectivity index (χ1v) is 2.49. The molecule has 0 aromatic carbocycles. The van der Waals surface area contributed by atoms with Crippen LogP contribution in [0.4, 0.5) is 0 Å². The number of allylic oxidation sites excluding steroid dienone is 1. The normalized spacial score (nSPS) is 10.7. The Balaban J connectivity index is 4.01. The molecule has 0 saturated heterocycles. The van der Waals surface area contributed by atoms with E-state index in [0.717, 1.165) is 6.08 Å². The summed E-state index contributed by atoms with van der Waals surface area (Å²) < 4.78 is 4.17. The average Bonchev–Trinajstić information content (AvgIpc) is 1.87. The highest BCUT2D eigenvalue weighted by Crippen LogP contribution is 2.00. The van der Waals surface area contributed by atoms with Crippen LogP contribution in [-0.2, 0) is 14.3 Å². The first-order valence-electron chi connectivity index (χ1n) is 2.11. The number of hydrogen-bond donors (Lipinski definition) is 0. The Bertz CT molecular complexity index is 150. The van der Waals surface area contributed by atoms with Gasteiger partial charge in [-0.25, -0.2) is 4.79 Å². The summed E-state index contributed by atoms with van der Waals surface area (Å²) in [5, 5.41) is -0.215. The summed E-state index contributed by atoms with van der Waals surface area (Å²) in [4.78, 5) is 20.0. The smallest absolute Gasteiger partial charge is 0.349 e. The van der Waals surface area contributed by atoms with Crippen molar-refractivity contribution < 1.29 is 14.3 Å². The van der Waals surface area contributed by atoms with Crippen LogP contribution in [0.3, 0.4) is 0 Å². The van der Waals surface area contributed by atoms with Crippen LogP contribution >= 0.6 is 11.6 Å². The zero-order chi connectivity index (χ0) is 7.28. The standard InChI is InChI=1S/C5H5ClO3/c1-9-5(8)4(6)2-3-7/h2-3H,1H3. The largest absolute Gasteiger partial charge is 0.465 e. The van der Waals surface area contributed by atoms with Gasteiger partial charge in [-0.3, -0.25) is 4.79 Å². The minimum Gasteiger partial charge on any atom is -0.465 e. The molecule has 0 saturated carbocycles. The highest BCUT2D eigenvalue weighted by atomic mass is 35.5. The molecular formula is C5H5ClO3. The van der Waals surface area contributed by atoms with Crippen molar-refractivity contribution in [2.45, 2.75) is 0 Å². The minimum absolute atomic E-state index is 0.215. The van der Waals surface area contributed by atoms with Crippen LogP contribution in [0, 0.1) is 0 Å². The summed E-state index contributed by atoms with van der Waals surface area (Å²) in [6.07, 6.45) is 1.34. The maximum Gasteiger partial charge on any atom is 0.349 e. The van der Waals surface area contributed by atoms with Gasteiger partial charge >= 0.3 is 5.97 Å². The van der Waals surface area contributed by atoms with Crippen LogP contribution in [0.25, 0.3) is 0 Å². The Morgan fingerprint density at radius 3 is 2.56 bits per heavy atom. The van der Waals surface area contributed by atoms with Gasteiger partial charge < -0.3 is 4.74 Å². The molecule has 0 radical (unpaired) electrons. The van der Waals surface area contributed by atoms with Crippen molar-refractivity contribution in [1.29, 1.82) is 0 Å². The lowest BCUT2D eigenvalue weighted by Crippen LogP contribution is -1.99. The van der Waals surface area contributed by atoms with Crippen molar-refractivity contribution in [2.75, 3.05) is 7.11 Å². The molecule has 0 fully saturated rings. The average molecular weight is 149 g/mol. The summed E-state index contributed by atoms with van der Waals surface area (Å²) in [6, 6.07) is 0. The molecule has 0 unspecified atom stereocenters. The number of esters is 1. The van der Waals surface area contributed by atoms with E-state index < -0.39 is 5.97 Å². The molecule has 0 amide bonds. The lowest BCUT2D eigenvalue weighted by molar-refractivity contribution is -0.135. The predicted molar refractivity (Wildman–Crippen MR) is 32.0 cm³/mol. The lowest BCUT2D eigenvalue weighted by Gasteiger charge is -1.91. The Hall–Kier alpha value is -0.830. The number of aldehydes is 1. The molecule has 0 aliphatic carbocycles. The molecule has 50 valence electrons. The Morgan fingerprint density at radius 2 is 2.22 bits per heavy atom. The summed E-state index contributed by atoms with van der Waals surface area (Å²) in [6.45, 7) is 0. The maximum absolute atomic E-state index is 10.3. The molecule has 9 heavy (non-hydrogen) atoms. The van der Waals surface area contributed by atoms with E-state index in [1.165, 1.54) is 7.11 Å². The summed E-state index contributed by atoms with van der Waals surface area (Å²) in [5.41, 5.74) is 0. The van der Waals surface area contributed by atoms with E-state index in [-0.39, 0.29) is 5.03 Å². The number of ether oxygens (including phenoxy) is 1. The molecule has 0 heterocycles. The van der Waals surface area contributed by atoms with Crippen molar-refractivity contribution in [1.82, 2.24) is 0 Å². The lowest BCUT2D eigenvalue weighted by atomic mass is 10.5. The van der Waals surface area contributed by atoms with Crippen molar-refractivity contribution >= 4 is 23.9 Å². The highest BCUT2D eigenvalue weighted by Gasteiger charge is 2.02. The third kappa shape index (κ3) is 2.87. The fourth-order valence-corrected chi connectivity index (χ4v) is 0.354. The molecule has 0 aliphatic rings. The number of carbonyl (C=O) groups is 2. The van der Waals surface area contributed by atoms with Gasteiger partial charge in [-0.15, -0.1) is 0 Å². The quantitative estimate of drug-likeness (QED) is 0.325. The molecule has 0 bridgehead atoms. The van der Waals surface area contributed by atoms with Crippen molar-refractivity contribution in [3.8, 4) is 0 Å². The molecule has 4 heteroatoms. The highest BCUT2D eigenvalue weighted by molar-refractivity contribution is 6.42. The van der Waals surface area contributed by atoms with Crippen LogP contribution in [-0.4, -0.2) is 19.4 Å². The molecule has 0 N–H and O–H groups in total. The van der Waals surface area contributed by atoms with Gasteiger partial charge in [0.15, 0.2) is 0 Å². The molecule has 0 atom stereocenters. The molecular weight excluding hydrogens is 144 g/mol.